The van der Waals surface area contributed by atoms with Gasteiger partial charge in [0.1, 0.15) is 12.2 Å². The second-order valence-corrected chi connectivity index (χ2v) is 8.96. The molecule has 2 aliphatic heterocycles. The molecule has 2 N–H and O–H groups in total. The molecule has 0 unspecified atom stereocenters. The molecule has 3 aliphatic rings. The smallest absolute Gasteiger partial charge is 0.225 e. The summed E-state index contributed by atoms with van der Waals surface area (Å²) >= 11 is 0. The SMILES string of the molecule is CC(C)(C)C(=O)N[C@H]1CO[C@H]2[C@@H]1OC[C@@H]2Nc1nccc(C2CCCC2)n1. The number of carbonyl (C=O) groups excluding carboxylic acids is 1. The lowest BCUT2D eigenvalue weighted by Crippen LogP contribution is -2.48. The largest absolute Gasteiger partial charge is 0.371 e. The Hall–Kier alpha value is -1.73. The zero-order valence-corrected chi connectivity index (χ0v) is 16.4. The number of carbonyl (C=O) groups is 1. The second-order valence-electron chi connectivity index (χ2n) is 8.96. The molecule has 1 aliphatic carbocycles. The van der Waals surface area contributed by atoms with Crippen molar-refractivity contribution in [3.05, 3.63) is 18.0 Å². The standard InChI is InChI=1S/C20H30N4O3/c1-20(2,3)18(25)22-14-10-26-17-15(11-27-16(14)17)24-19-21-9-8-13(23-19)12-6-4-5-7-12/h8-9,12,14-17H,4-7,10-11H2,1-3H3,(H,22,25)(H,21,23,24)/t14-,15-,16+,17+/m0/s1. The number of amides is 1. The van der Waals surface area contributed by atoms with Crippen LogP contribution >= 0.6 is 0 Å². The molecular weight excluding hydrogens is 344 g/mol. The number of ether oxygens (including phenoxy) is 2. The van der Waals surface area contributed by atoms with E-state index in [9.17, 15) is 4.79 Å². The molecule has 1 saturated carbocycles. The third kappa shape index (κ3) is 3.94. The highest BCUT2D eigenvalue weighted by Gasteiger charge is 2.49. The van der Waals surface area contributed by atoms with Crippen molar-refractivity contribution in [3.63, 3.8) is 0 Å². The van der Waals surface area contributed by atoms with E-state index in [0.717, 1.165) is 5.69 Å². The Morgan fingerprint density at radius 3 is 2.48 bits per heavy atom. The molecule has 4 rings (SSSR count). The quantitative estimate of drug-likeness (QED) is 0.841. The number of nitrogens with zero attached hydrogens (tertiary/aromatic N) is 2. The Kier molecular flexibility index (Phi) is 5.07. The fraction of sp³-hybridized carbons (Fsp3) is 0.750. The van der Waals surface area contributed by atoms with E-state index < -0.39 is 5.41 Å². The van der Waals surface area contributed by atoms with Crippen molar-refractivity contribution in [2.75, 3.05) is 18.5 Å². The first kappa shape index (κ1) is 18.6. The van der Waals surface area contributed by atoms with Gasteiger partial charge in [-0.2, -0.15) is 0 Å². The number of nitrogens with one attached hydrogen (secondary N) is 2. The van der Waals surface area contributed by atoms with Crippen molar-refractivity contribution in [3.8, 4) is 0 Å². The average molecular weight is 374 g/mol. The van der Waals surface area contributed by atoms with E-state index in [1.54, 1.807) is 0 Å². The van der Waals surface area contributed by atoms with Crippen LogP contribution in [0.1, 0.15) is 58.1 Å². The summed E-state index contributed by atoms with van der Waals surface area (Å²) in [6.07, 6.45) is 6.59. The number of fused-ring (bicyclic) bond motifs is 1. The van der Waals surface area contributed by atoms with Crippen LogP contribution in [-0.4, -0.2) is 53.4 Å². The Labute approximate surface area is 160 Å². The van der Waals surface area contributed by atoms with Gasteiger partial charge in [-0.15, -0.1) is 0 Å². The first-order chi connectivity index (χ1) is 12.9. The van der Waals surface area contributed by atoms with Crippen LogP contribution in [0.4, 0.5) is 5.95 Å². The molecule has 3 heterocycles. The lowest BCUT2D eigenvalue weighted by atomic mass is 9.94. The average Bonchev–Trinajstić information content (AvgIpc) is 3.35. The van der Waals surface area contributed by atoms with Crippen molar-refractivity contribution in [1.29, 1.82) is 0 Å². The van der Waals surface area contributed by atoms with Gasteiger partial charge < -0.3 is 20.1 Å². The van der Waals surface area contributed by atoms with Gasteiger partial charge in [0.15, 0.2) is 0 Å². The zero-order chi connectivity index (χ0) is 19.0. The molecule has 27 heavy (non-hydrogen) atoms. The molecule has 2 saturated heterocycles. The molecule has 3 fully saturated rings. The van der Waals surface area contributed by atoms with E-state index in [2.05, 4.69) is 15.6 Å². The van der Waals surface area contributed by atoms with Gasteiger partial charge in [0.25, 0.3) is 0 Å². The summed E-state index contributed by atoms with van der Waals surface area (Å²) in [6.45, 7) is 6.71. The molecule has 7 nitrogen and oxygen atoms in total. The molecule has 4 atom stereocenters. The highest BCUT2D eigenvalue weighted by atomic mass is 16.6. The molecule has 7 heteroatoms. The normalized spacial score (nSPS) is 31.1. The third-order valence-corrected chi connectivity index (χ3v) is 5.82. The van der Waals surface area contributed by atoms with Crippen molar-refractivity contribution in [2.45, 2.75) is 76.7 Å². The van der Waals surface area contributed by atoms with E-state index >= 15 is 0 Å². The molecule has 1 aromatic rings. The van der Waals surface area contributed by atoms with E-state index in [1.807, 2.05) is 33.0 Å². The summed E-state index contributed by atoms with van der Waals surface area (Å²) in [6, 6.07) is 1.91. The maximum Gasteiger partial charge on any atom is 0.225 e. The molecule has 1 aromatic heterocycles. The summed E-state index contributed by atoms with van der Waals surface area (Å²) in [5.41, 5.74) is 0.700. The van der Waals surface area contributed by atoms with E-state index in [4.69, 9.17) is 14.5 Å². The van der Waals surface area contributed by atoms with Crippen LogP contribution < -0.4 is 10.6 Å². The molecule has 0 aromatic carbocycles. The van der Waals surface area contributed by atoms with Gasteiger partial charge in [-0.25, -0.2) is 9.97 Å². The number of aromatic nitrogens is 2. The highest BCUT2D eigenvalue weighted by molar-refractivity contribution is 5.81. The fourth-order valence-electron chi connectivity index (χ4n) is 4.19. The van der Waals surface area contributed by atoms with Crippen LogP contribution in [0.25, 0.3) is 0 Å². The zero-order valence-electron chi connectivity index (χ0n) is 16.4. The predicted molar refractivity (Wildman–Crippen MR) is 102 cm³/mol. The topological polar surface area (TPSA) is 85.4 Å². The van der Waals surface area contributed by atoms with Gasteiger partial charge in [0.2, 0.25) is 11.9 Å². The molecule has 0 spiro atoms. The first-order valence-electron chi connectivity index (χ1n) is 10.1. The van der Waals surface area contributed by atoms with Crippen LogP contribution in [0, 0.1) is 5.41 Å². The minimum atomic E-state index is -0.428. The van der Waals surface area contributed by atoms with Gasteiger partial charge in [-0.3, -0.25) is 4.79 Å². The van der Waals surface area contributed by atoms with Crippen molar-refractivity contribution in [1.82, 2.24) is 15.3 Å². The Balaban J connectivity index is 1.38. The lowest BCUT2D eigenvalue weighted by Gasteiger charge is -2.23. The monoisotopic (exact) mass is 374 g/mol. The minimum Gasteiger partial charge on any atom is -0.371 e. The summed E-state index contributed by atoms with van der Waals surface area (Å²) in [7, 11) is 0. The Morgan fingerprint density at radius 2 is 1.78 bits per heavy atom. The van der Waals surface area contributed by atoms with E-state index in [-0.39, 0.29) is 30.2 Å². The summed E-state index contributed by atoms with van der Waals surface area (Å²) in [4.78, 5) is 21.4. The van der Waals surface area contributed by atoms with Gasteiger partial charge in [-0.1, -0.05) is 33.6 Å². The van der Waals surface area contributed by atoms with Crippen LogP contribution in [0.5, 0.6) is 0 Å². The maximum absolute atomic E-state index is 12.3. The van der Waals surface area contributed by atoms with Crippen molar-refractivity contribution >= 4 is 11.9 Å². The van der Waals surface area contributed by atoms with Crippen molar-refractivity contribution < 1.29 is 14.3 Å². The first-order valence-corrected chi connectivity index (χ1v) is 10.1. The molecule has 0 radical (unpaired) electrons. The number of hydrogen-bond donors (Lipinski definition) is 2. The van der Waals surface area contributed by atoms with Gasteiger partial charge in [0, 0.05) is 23.2 Å². The third-order valence-electron chi connectivity index (χ3n) is 5.82. The van der Waals surface area contributed by atoms with Gasteiger partial charge >= 0.3 is 0 Å². The fourth-order valence-corrected chi connectivity index (χ4v) is 4.19. The molecule has 1 amide bonds. The minimum absolute atomic E-state index is 0.00892. The van der Waals surface area contributed by atoms with Crippen molar-refractivity contribution in [2.24, 2.45) is 5.41 Å². The van der Waals surface area contributed by atoms with Crippen LogP contribution in [-0.2, 0) is 14.3 Å². The Morgan fingerprint density at radius 1 is 1.11 bits per heavy atom. The lowest BCUT2D eigenvalue weighted by molar-refractivity contribution is -0.129. The summed E-state index contributed by atoms with van der Waals surface area (Å²) < 4.78 is 11.9. The van der Waals surface area contributed by atoms with E-state index in [0.29, 0.717) is 25.1 Å². The summed E-state index contributed by atoms with van der Waals surface area (Å²) in [5, 5.41) is 6.47. The molecule has 0 bridgehead atoms. The highest BCUT2D eigenvalue weighted by Crippen LogP contribution is 2.33. The number of anilines is 1. The maximum atomic E-state index is 12.3. The van der Waals surface area contributed by atoms with E-state index in [1.165, 1.54) is 25.7 Å². The van der Waals surface area contributed by atoms with Crippen LogP contribution in [0.15, 0.2) is 12.3 Å². The van der Waals surface area contributed by atoms with Crippen LogP contribution in [0.3, 0.4) is 0 Å². The number of rotatable bonds is 4. The van der Waals surface area contributed by atoms with Gasteiger partial charge in [-0.05, 0) is 18.9 Å². The Bertz CT molecular complexity index is 684. The molecular formula is C20H30N4O3. The second kappa shape index (κ2) is 7.36. The number of hydrogen-bond acceptors (Lipinski definition) is 6. The van der Waals surface area contributed by atoms with Gasteiger partial charge in [0.05, 0.1) is 25.3 Å². The summed E-state index contributed by atoms with van der Waals surface area (Å²) in [5.74, 6) is 1.21. The predicted octanol–water partition coefficient (Wildman–Crippen LogP) is 2.24. The van der Waals surface area contributed by atoms with Crippen LogP contribution in [0.2, 0.25) is 0 Å². The molecule has 148 valence electrons.